The summed E-state index contributed by atoms with van der Waals surface area (Å²) >= 11 is 3.43. The highest BCUT2D eigenvalue weighted by Crippen LogP contribution is 2.29. The van der Waals surface area contributed by atoms with Crippen LogP contribution in [0.3, 0.4) is 0 Å². The second-order valence-corrected chi connectivity index (χ2v) is 5.22. The predicted molar refractivity (Wildman–Crippen MR) is 68.6 cm³/mol. The van der Waals surface area contributed by atoms with Gasteiger partial charge in [-0.25, -0.2) is 0 Å². The highest BCUT2D eigenvalue weighted by Gasteiger charge is 2.23. The van der Waals surface area contributed by atoms with Gasteiger partial charge in [0.15, 0.2) is 0 Å². The molecular weight excluding hydrogens is 270 g/mol. The van der Waals surface area contributed by atoms with Crippen molar-refractivity contribution in [2.75, 3.05) is 20.3 Å². The highest BCUT2D eigenvalue weighted by molar-refractivity contribution is 9.10. The molecule has 1 unspecified atom stereocenters. The average Bonchev–Trinajstić information content (AvgIpc) is 2.29. The van der Waals surface area contributed by atoms with E-state index in [0.29, 0.717) is 13.0 Å². The highest BCUT2D eigenvalue weighted by atomic mass is 79.9. The molecule has 0 heterocycles. The van der Waals surface area contributed by atoms with Gasteiger partial charge in [0.1, 0.15) is 5.75 Å². The number of benzene rings is 1. The van der Waals surface area contributed by atoms with Gasteiger partial charge in [0, 0.05) is 23.0 Å². The van der Waals surface area contributed by atoms with Gasteiger partial charge >= 0.3 is 0 Å². The van der Waals surface area contributed by atoms with Crippen LogP contribution in [0.15, 0.2) is 22.7 Å². The molecule has 1 rings (SSSR count). The van der Waals surface area contributed by atoms with Crippen LogP contribution in [0.25, 0.3) is 0 Å². The zero-order valence-corrected chi connectivity index (χ0v) is 11.3. The zero-order valence-electron chi connectivity index (χ0n) is 9.66. The van der Waals surface area contributed by atoms with E-state index in [1.165, 1.54) is 0 Å². The number of ether oxygens (including phenoxy) is 1. The van der Waals surface area contributed by atoms with Crippen LogP contribution in [-0.2, 0) is 6.42 Å². The molecule has 0 fully saturated rings. The Labute approximate surface area is 105 Å². The standard InChI is InChI=1S/C12H18BrNO2/c1-12(7-14,8-15)6-9-5-10(13)3-4-11(9)16-2/h3-5,15H,6-8,14H2,1-2H3. The van der Waals surface area contributed by atoms with Gasteiger partial charge in [-0.15, -0.1) is 0 Å². The summed E-state index contributed by atoms with van der Waals surface area (Å²) in [5.74, 6) is 0.830. The molecule has 0 aromatic heterocycles. The number of rotatable bonds is 5. The molecule has 1 aromatic rings. The molecule has 90 valence electrons. The maximum atomic E-state index is 9.35. The normalized spacial score (nSPS) is 14.6. The van der Waals surface area contributed by atoms with Crippen LogP contribution in [0.2, 0.25) is 0 Å². The first-order chi connectivity index (χ1) is 7.54. The number of nitrogens with two attached hydrogens (primary N) is 1. The molecule has 1 atom stereocenters. The number of aliphatic hydroxyl groups is 1. The Hall–Kier alpha value is -0.580. The van der Waals surface area contributed by atoms with Crippen LogP contribution >= 0.6 is 15.9 Å². The van der Waals surface area contributed by atoms with Gasteiger partial charge in [0.25, 0.3) is 0 Å². The van der Waals surface area contributed by atoms with Crippen molar-refractivity contribution in [1.82, 2.24) is 0 Å². The van der Waals surface area contributed by atoms with E-state index in [9.17, 15) is 5.11 Å². The fourth-order valence-electron chi connectivity index (χ4n) is 1.54. The van der Waals surface area contributed by atoms with Crippen molar-refractivity contribution in [3.05, 3.63) is 28.2 Å². The topological polar surface area (TPSA) is 55.5 Å². The van der Waals surface area contributed by atoms with Crippen molar-refractivity contribution in [3.63, 3.8) is 0 Å². The Bertz CT molecular complexity index is 351. The monoisotopic (exact) mass is 287 g/mol. The van der Waals surface area contributed by atoms with E-state index in [1.54, 1.807) is 7.11 Å². The lowest BCUT2D eigenvalue weighted by Crippen LogP contribution is -2.33. The summed E-state index contributed by atoms with van der Waals surface area (Å²) in [6.07, 6.45) is 0.697. The fourth-order valence-corrected chi connectivity index (χ4v) is 1.95. The van der Waals surface area contributed by atoms with Gasteiger partial charge in [0.2, 0.25) is 0 Å². The molecule has 3 N–H and O–H groups in total. The van der Waals surface area contributed by atoms with Gasteiger partial charge in [0.05, 0.1) is 7.11 Å². The van der Waals surface area contributed by atoms with E-state index in [-0.39, 0.29) is 12.0 Å². The summed E-state index contributed by atoms with van der Waals surface area (Å²) in [5.41, 5.74) is 6.44. The lowest BCUT2D eigenvalue weighted by Gasteiger charge is -2.26. The smallest absolute Gasteiger partial charge is 0.122 e. The maximum Gasteiger partial charge on any atom is 0.122 e. The van der Waals surface area contributed by atoms with Crippen molar-refractivity contribution < 1.29 is 9.84 Å². The number of halogens is 1. The summed E-state index contributed by atoms with van der Waals surface area (Å²) in [6.45, 7) is 2.48. The minimum atomic E-state index is -0.298. The quantitative estimate of drug-likeness (QED) is 0.871. The third-order valence-corrected chi connectivity index (χ3v) is 3.23. The first-order valence-electron chi connectivity index (χ1n) is 5.18. The van der Waals surface area contributed by atoms with E-state index in [0.717, 1.165) is 15.8 Å². The van der Waals surface area contributed by atoms with Crippen LogP contribution in [0.1, 0.15) is 12.5 Å². The third-order valence-electron chi connectivity index (χ3n) is 2.73. The van der Waals surface area contributed by atoms with Crippen LogP contribution in [0.5, 0.6) is 5.75 Å². The van der Waals surface area contributed by atoms with E-state index in [2.05, 4.69) is 15.9 Å². The zero-order chi connectivity index (χ0) is 12.2. The molecular formula is C12H18BrNO2. The van der Waals surface area contributed by atoms with Crippen molar-refractivity contribution in [1.29, 1.82) is 0 Å². The molecule has 1 aromatic carbocycles. The van der Waals surface area contributed by atoms with Gasteiger partial charge in [-0.05, 0) is 30.2 Å². The van der Waals surface area contributed by atoms with Crippen LogP contribution in [0, 0.1) is 5.41 Å². The number of aliphatic hydroxyl groups excluding tert-OH is 1. The molecule has 4 heteroatoms. The van der Waals surface area contributed by atoms with E-state index >= 15 is 0 Å². The molecule has 0 aliphatic rings. The number of hydrogen-bond donors (Lipinski definition) is 2. The summed E-state index contributed by atoms with van der Waals surface area (Å²) < 4.78 is 6.29. The lowest BCUT2D eigenvalue weighted by atomic mass is 9.84. The number of hydrogen-bond acceptors (Lipinski definition) is 3. The molecule has 0 aliphatic heterocycles. The van der Waals surface area contributed by atoms with E-state index in [4.69, 9.17) is 10.5 Å². The molecule has 16 heavy (non-hydrogen) atoms. The van der Waals surface area contributed by atoms with E-state index in [1.807, 2.05) is 25.1 Å². The summed E-state index contributed by atoms with van der Waals surface area (Å²) in [4.78, 5) is 0. The van der Waals surface area contributed by atoms with Gasteiger partial charge in [-0.1, -0.05) is 22.9 Å². The van der Waals surface area contributed by atoms with Gasteiger partial charge < -0.3 is 15.6 Å². The van der Waals surface area contributed by atoms with Crippen molar-refractivity contribution >= 4 is 15.9 Å². The Morgan fingerprint density at radius 3 is 2.69 bits per heavy atom. The predicted octanol–water partition coefficient (Wildman–Crippen LogP) is 1.96. The van der Waals surface area contributed by atoms with Crippen LogP contribution in [0.4, 0.5) is 0 Å². The second-order valence-electron chi connectivity index (χ2n) is 4.31. The fraction of sp³-hybridized carbons (Fsp3) is 0.500. The number of methoxy groups -OCH3 is 1. The van der Waals surface area contributed by atoms with Crippen LogP contribution < -0.4 is 10.5 Å². The molecule has 0 amide bonds. The molecule has 0 bridgehead atoms. The Morgan fingerprint density at radius 2 is 2.19 bits per heavy atom. The molecule has 0 saturated carbocycles. The van der Waals surface area contributed by atoms with Crippen molar-refractivity contribution in [2.24, 2.45) is 11.1 Å². The minimum absolute atomic E-state index is 0.0686. The Morgan fingerprint density at radius 1 is 1.50 bits per heavy atom. The molecule has 3 nitrogen and oxygen atoms in total. The first kappa shape index (κ1) is 13.5. The van der Waals surface area contributed by atoms with Crippen molar-refractivity contribution in [3.8, 4) is 5.75 Å². The van der Waals surface area contributed by atoms with Gasteiger partial charge in [-0.2, -0.15) is 0 Å². The lowest BCUT2D eigenvalue weighted by molar-refractivity contribution is 0.148. The summed E-state index contributed by atoms with van der Waals surface area (Å²) in [7, 11) is 1.64. The van der Waals surface area contributed by atoms with Crippen LogP contribution in [-0.4, -0.2) is 25.4 Å². The molecule has 0 spiro atoms. The first-order valence-corrected chi connectivity index (χ1v) is 5.97. The summed E-state index contributed by atoms with van der Waals surface area (Å²) in [5, 5.41) is 9.35. The Balaban J connectivity index is 2.98. The third kappa shape index (κ3) is 3.20. The molecule has 0 saturated heterocycles. The SMILES string of the molecule is COc1ccc(Br)cc1CC(C)(CN)CO. The van der Waals surface area contributed by atoms with Crippen molar-refractivity contribution in [2.45, 2.75) is 13.3 Å². The van der Waals surface area contributed by atoms with E-state index < -0.39 is 0 Å². The maximum absolute atomic E-state index is 9.35. The minimum Gasteiger partial charge on any atom is -0.496 e. The molecule has 0 radical (unpaired) electrons. The second kappa shape index (κ2) is 5.66. The molecule has 0 aliphatic carbocycles. The largest absolute Gasteiger partial charge is 0.496 e. The van der Waals surface area contributed by atoms with Gasteiger partial charge in [-0.3, -0.25) is 0 Å². The Kier molecular flexibility index (Phi) is 4.77. The summed E-state index contributed by atoms with van der Waals surface area (Å²) in [6, 6.07) is 5.84. The average molecular weight is 288 g/mol.